The molecule has 3 aromatic rings. The topological polar surface area (TPSA) is 104 Å². The summed E-state index contributed by atoms with van der Waals surface area (Å²) in [5.74, 6) is 2.12. The molecule has 3 aromatic heterocycles. The second-order valence-corrected chi connectivity index (χ2v) is 8.90. The Morgan fingerprint density at radius 2 is 2.10 bits per heavy atom. The number of thioether (sulfide) groups is 1. The molecule has 4 heterocycles. The molecular weight excluding hydrogens is 386 g/mol. The number of aromatic nitrogens is 5. The zero-order valence-electron chi connectivity index (χ0n) is 16.9. The van der Waals surface area contributed by atoms with Crippen LogP contribution >= 0.6 is 11.8 Å². The standard InChI is InChI=1S/C20H25N7OS/c1-10-7-22-15(11(2)17(10)28-3)8-27-18-16-14(26-27)6-13(23-12-4-5-12)9-29-19(16)25-20(21)24-18/h7,12-13,23H,4-6,8-9H2,1-3H3,(H2,21,24,25)/t13-/m0/s1. The Morgan fingerprint density at radius 3 is 2.86 bits per heavy atom. The summed E-state index contributed by atoms with van der Waals surface area (Å²) in [7, 11) is 1.69. The largest absolute Gasteiger partial charge is 0.496 e. The number of nitrogens with one attached hydrogen (secondary N) is 1. The molecule has 9 heteroatoms. The molecule has 3 N–H and O–H groups in total. The smallest absolute Gasteiger partial charge is 0.223 e. The van der Waals surface area contributed by atoms with Gasteiger partial charge in [0.05, 0.1) is 30.4 Å². The number of methoxy groups -OCH3 is 1. The van der Waals surface area contributed by atoms with Crippen LogP contribution in [0.2, 0.25) is 0 Å². The van der Waals surface area contributed by atoms with Gasteiger partial charge in [0.25, 0.3) is 0 Å². The van der Waals surface area contributed by atoms with Crippen LogP contribution in [0.4, 0.5) is 5.95 Å². The Kier molecular flexibility index (Phi) is 4.59. The molecule has 1 saturated carbocycles. The zero-order chi connectivity index (χ0) is 20.1. The van der Waals surface area contributed by atoms with Gasteiger partial charge in [0, 0.05) is 41.6 Å². The van der Waals surface area contributed by atoms with Crippen molar-refractivity contribution in [2.45, 2.75) is 56.8 Å². The molecule has 5 rings (SSSR count). The third-order valence-corrected chi connectivity index (χ3v) is 6.75. The number of rotatable bonds is 5. The highest BCUT2D eigenvalue weighted by molar-refractivity contribution is 7.99. The van der Waals surface area contributed by atoms with E-state index >= 15 is 0 Å². The summed E-state index contributed by atoms with van der Waals surface area (Å²) in [6.07, 6.45) is 5.25. The molecule has 1 fully saturated rings. The van der Waals surface area contributed by atoms with Gasteiger partial charge in [-0.05, 0) is 26.7 Å². The van der Waals surface area contributed by atoms with E-state index in [9.17, 15) is 0 Å². The summed E-state index contributed by atoms with van der Waals surface area (Å²) in [6.45, 7) is 4.55. The molecule has 0 radical (unpaired) electrons. The molecule has 0 unspecified atom stereocenters. The first kappa shape index (κ1) is 18.6. The summed E-state index contributed by atoms with van der Waals surface area (Å²) in [5.41, 5.74) is 10.8. The lowest BCUT2D eigenvalue weighted by Gasteiger charge is -2.15. The van der Waals surface area contributed by atoms with Crippen LogP contribution in [-0.4, -0.2) is 49.7 Å². The zero-order valence-corrected chi connectivity index (χ0v) is 17.7. The van der Waals surface area contributed by atoms with Crippen LogP contribution in [0.15, 0.2) is 11.2 Å². The number of anilines is 1. The van der Waals surface area contributed by atoms with Crippen molar-refractivity contribution < 1.29 is 4.74 Å². The van der Waals surface area contributed by atoms with Crippen molar-refractivity contribution in [3.8, 4) is 5.75 Å². The lowest BCUT2D eigenvalue weighted by molar-refractivity contribution is 0.406. The monoisotopic (exact) mass is 411 g/mol. The first-order chi connectivity index (χ1) is 14.0. The number of nitrogens with two attached hydrogens (primary N) is 1. The van der Waals surface area contributed by atoms with Crippen LogP contribution in [0.3, 0.4) is 0 Å². The molecule has 2 aliphatic rings. The molecule has 0 bridgehead atoms. The Hall–Kier alpha value is -2.39. The average Bonchev–Trinajstić information content (AvgIpc) is 3.46. The maximum Gasteiger partial charge on any atom is 0.223 e. The maximum atomic E-state index is 6.04. The Labute approximate surface area is 173 Å². The minimum absolute atomic E-state index is 0.285. The molecular formula is C20H25N7OS. The molecule has 0 aromatic carbocycles. The molecule has 0 saturated heterocycles. The number of ether oxygens (including phenoxy) is 1. The normalized spacial score (nSPS) is 18.8. The SMILES string of the molecule is COc1c(C)cnc(Cn2nc3c4c(nc(N)nc42)SC[C@@H](NC2CC2)C3)c1C. The predicted molar refractivity (Wildman–Crippen MR) is 113 cm³/mol. The highest BCUT2D eigenvalue weighted by Gasteiger charge is 2.30. The van der Waals surface area contributed by atoms with Crippen LogP contribution in [-0.2, 0) is 13.0 Å². The molecule has 1 atom stereocenters. The maximum absolute atomic E-state index is 6.04. The second-order valence-electron chi connectivity index (χ2n) is 7.89. The van der Waals surface area contributed by atoms with E-state index < -0.39 is 0 Å². The lowest BCUT2D eigenvalue weighted by Crippen LogP contribution is -2.34. The number of pyridine rings is 1. The van der Waals surface area contributed by atoms with Crippen LogP contribution in [0, 0.1) is 13.8 Å². The van der Waals surface area contributed by atoms with Gasteiger partial charge in [-0.3, -0.25) is 4.98 Å². The number of aryl methyl sites for hydroxylation is 1. The van der Waals surface area contributed by atoms with E-state index in [4.69, 9.17) is 15.6 Å². The van der Waals surface area contributed by atoms with E-state index in [0.717, 1.165) is 56.5 Å². The van der Waals surface area contributed by atoms with Crippen LogP contribution in [0.5, 0.6) is 5.75 Å². The van der Waals surface area contributed by atoms with E-state index in [1.165, 1.54) is 12.8 Å². The fourth-order valence-electron chi connectivity index (χ4n) is 4.02. The molecule has 1 aliphatic heterocycles. The first-order valence-electron chi connectivity index (χ1n) is 9.94. The van der Waals surface area contributed by atoms with Gasteiger partial charge < -0.3 is 15.8 Å². The molecule has 8 nitrogen and oxygen atoms in total. The van der Waals surface area contributed by atoms with Gasteiger partial charge >= 0.3 is 0 Å². The van der Waals surface area contributed by atoms with Crippen LogP contribution in [0.25, 0.3) is 11.0 Å². The number of nitrogens with zero attached hydrogens (tertiary/aromatic N) is 5. The van der Waals surface area contributed by atoms with Crippen molar-refractivity contribution in [3.63, 3.8) is 0 Å². The van der Waals surface area contributed by atoms with Crippen LogP contribution < -0.4 is 15.8 Å². The number of hydrogen-bond donors (Lipinski definition) is 2. The van der Waals surface area contributed by atoms with Gasteiger partial charge in [-0.25, -0.2) is 9.67 Å². The number of hydrogen-bond acceptors (Lipinski definition) is 8. The summed E-state index contributed by atoms with van der Waals surface area (Å²) in [4.78, 5) is 13.7. The van der Waals surface area contributed by atoms with Gasteiger partial charge in [-0.15, -0.1) is 11.8 Å². The lowest BCUT2D eigenvalue weighted by atomic mass is 10.1. The van der Waals surface area contributed by atoms with E-state index in [1.807, 2.05) is 24.7 Å². The molecule has 0 spiro atoms. The third kappa shape index (κ3) is 3.42. The van der Waals surface area contributed by atoms with E-state index in [-0.39, 0.29) is 5.95 Å². The van der Waals surface area contributed by atoms with Crippen molar-refractivity contribution in [1.29, 1.82) is 0 Å². The number of nitrogen functional groups attached to an aromatic ring is 1. The Balaban J connectivity index is 1.56. The van der Waals surface area contributed by atoms with E-state index in [1.54, 1.807) is 18.9 Å². The molecule has 152 valence electrons. The Bertz CT molecular complexity index is 1090. The fourth-order valence-corrected chi connectivity index (χ4v) is 5.10. The highest BCUT2D eigenvalue weighted by atomic mass is 32.2. The summed E-state index contributed by atoms with van der Waals surface area (Å²) < 4.78 is 7.48. The quantitative estimate of drug-likeness (QED) is 0.616. The van der Waals surface area contributed by atoms with Crippen molar-refractivity contribution >= 4 is 28.7 Å². The summed E-state index contributed by atoms with van der Waals surface area (Å²) in [6, 6.07) is 1.04. The third-order valence-electron chi connectivity index (χ3n) is 5.61. The van der Waals surface area contributed by atoms with Crippen LogP contribution in [0.1, 0.15) is 35.4 Å². The summed E-state index contributed by atoms with van der Waals surface area (Å²) >= 11 is 1.74. The molecule has 29 heavy (non-hydrogen) atoms. The van der Waals surface area contributed by atoms with Gasteiger partial charge in [-0.1, -0.05) is 0 Å². The fraction of sp³-hybridized carbons (Fsp3) is 0.500. The Morgan fingerprint density at radius 1 is 1.28 bits per heavy atom. The molecule has 0 amide bonds. The van der Waals surface area contributed by atoms with E-state index in [0.29, 0.717) is 18.6 Å². The predicted octanol–water partition coefficient (Wildman–Crippen LogP) is 2.25. The second kappa shape index (κ2) is 7.14. The minimum Gasteiger partial charge on any atom is -0.496 e. The van der Waals surface area contributed by atoms with Crippen molar-refractivity contribution in [3.05, 3.63) is 28.7 Å². The van der Waals surface area contributed by atoms with Gasteiger partial charge in [0.2, 0.25) is 5.95 Å². The van der Waals surface area contributed by atoms with Crippen molar-refractivity contribution in [2.24, 2.45) is 0 Å². The first-order valence-corrected chi connectivity index (χ1v) is 10.9. The molecule has 1 aliphatic carbocycles. The van der Waals surface area contributed by atoms with Gasteiger partial charge in [0.15, 0.2) is 5.65 Å². The summed E-state index contributed by atoms with van der Waals surface area (Å²) in [5, 5.41) is 10.6. The average molecular weight is 412 g/mol. The minimum atomic E-state index is 0.285. The van der Waals surface area contributed by atoms with Crippen molar-refractivity contribution in [2.75, 3.05) is 18.6 Å². The van der Waals surface area contributed by atoms with Gasteiger partial charge in [-0.2, -0.15) is 10.1 Å². The van der Waals surface area contributed by atoms with Crippen molar-refractivity contribution in [1.82, 2.24) is 30.0 Å². The van der Waals surface area contributed by atoms with Gasteiger partial charge in [0.1, 0.15) is 10.8 Å². The van der Waals surface area contributed by atoms with E-state index in [2.05, 4.69) is 20.3 Å². The highest BCUT2D eigenvalue weighted by Crippen LogP contribution is 2.35.